The molecule has 1 nitrogen and oxygen atoms in total. The molecule has 0 N–H and O–H groups in total. The first-order valence-corrected chi connectivity index (χ1v) is 8.51. The monoisotopic (exact) mass is 314 g/mol. The van der Waals surface area contributed by atoms with Gasteiger partial charge in [-0.1, -0.05) is 54.6 Å². The summed E-state index contributed by atoms with van der Waals surface area (Å²) >= 11 is 0. The lowest BCUT2D eigenvalue weighted by atomic mass is 9.96. The summed E-state index contributed by atoms with van der Waals surface area (Å²) < 4.78 is 5.94. The molecule has 24 heavy (non-hydrogen) atoms. The van der Waals surface area contributed by atoms with E-state index in [0.29, 0.717) is 0 Å². The zero-order chi connectivity index (χ0) is 16.7. The van der Waals surface area contributed by atoms with E-state index < -0.39 is 0 Å². The van der Waals surface area contributed by atoms with Crippen molar-refractivity contribution in [3.63, 3.8) is 0 Å². The van der Waals surface area contributed by atoms with Gasteiger partial charge in [-0.05, 0) is 72.7 Å². The molecule has 120 valence electrons. The molecule has 0 atom stereocenters. The van der Waals surface area contributed by atoms with Crippen LogP contribution in [-0.4, -0.2) is 5.60 Å². The van der Waals surface area contributed by atoms with E-state index in [0.717, 1.165) is 12.2 Å². The van der Waals surface area contributed by atoms with Gasteiger partial charge in [0.05, 0.1) is 0 Å². The quantitative estimate of drug-likeness (QED) is 0.434. The van der Waals surface area contributed by atoms with E-state index in [1.54, 1.807) is 0 Å². The molecule has 0 radical (unpaired) electrons. The largest absolute Gasteiger partial charge is 0.488 e. The van der Waals surface area contributed by atoms with Crippen molar-refractivity contribution < 1.29 is 4.74 Å². The second-order valence-corrected chi connectivity index (χ2v) is 7.40. The Morgan fingerprint density at radius 3 is 2.12 bits per heavy atom. The Bertz CT molecular complexity index is 883. The van der Waals surface area contributed by atoms with Crippen LogP contribution in [0.15, 0.2) is 66.7 Å². The lowest BCUT2D eigenvalue weighted by molar-refractivity contribution is 0.131. The lowest BCUT2D eigenvalue weighted by Gasteiger charge is -2.21. The van der Waals surface area contributed by atoms with Crippen molar-refractivity contribution in [2.75, 3.05) is 0 Å². The summed E-state index contributed by atoms with van der Waals surface area (Å²) in [4.78, 5) is 0. The summed E-state index contributed by atoms with van der Waals surface area (Å²) in [5.74, 6) is 0.919. The molecule has 0 amide bonds. The van der Waals surface area contributed by atoms with Crippen LogP contribution in [0, 0.1) is 0 Å². The molecule has 1 aliphatic rings. The fourth-order valence-corrected chi connectivity index (χ4v) is 3.48. The van der Waals surface area contributed by atoms with Crippen LogP contribution in [0.5, 0.6) is 5.75 Å². The second-order valence-electron chi connectivity index (χ2n) is 7.40. The Labute approximate surface area is 143 Å². The van der Waals surface area contributed by atoms with Crippen LogP contribution in [0.4, 0.5) is 0 Å². The van der Waals surface area contributed by atoms with Gasteiger partial charge in [-0.2, -0.15) is 0 Å². The molecule has 0 heterocycles. The molecular formula is C23H22O. The number of fused-ring (bicyclic) bond motifs is 3. The van der Waals surface area contributed by atoms with E-state index in [1.165, 1.54) is 33.4 Å². The third-order valence-corrected chi connectivity index (χ3v) is 4.44. The molecule has 3 aromatic rings. The van der Waals surface area contributed by atoms with Gasteiger partial charge in [0.2, 0.25) is 0 Å². The molecule has 0 aliphatic heterocycles. The van der Waals surface area contributed by atoms with Crippen LogP contribution in [0.2, 0.25) is 0 Å². The Balaban J connectivity index is 1.72. The van der Waals surface area contributed by atoms with Crippen molar-refractivity contribution in [3.05, 3.63) is 77.9 Å². The summed E-state index contributed by atoms with van der Waals surface area (Å²) in [6.45, 7) is 6.21. The number of benzene rings is 3. The van der Waals surface area contributed by atoms with Crippen LogP contribution < -0.4 is 4.74 Å². The molecular weight excluding hydrogens is 292 g/mol. The predicted molar refractivity (Wildman–Crippen MR) is 101 cm³/mol. The van der Waals surface area contributed by atoms with E-state index in [9.17, 15) is 0 Å². The normalized spacial score (nSPS) is 12.6. The standard InChI is InChI=1S/C23H22O/c1-23(2,3)24-18-13-11-16(12-14-18)19-9-6-10-21-20-8-5-4-7-17(20)15-22(19)21/h4-14H,15H2,1-3H3. The summed E-state index contributed by atoms with van der Waals surface area (Å²) in [5, 5.41) is 0. The third kappa shape index (κ3) is 2.71. The van der Waals surface area contributed by atoms with Crippen molar-refractivity contribution >= 4 is 0 Å². The van der Waals surface area contributed by atoms with E-state index in [1.807, 2.05) is 0 Å². The van der Waals surface area contributed by atoms with Crippen molar-refractivity contribution in [2.24, 2.45) is 0 Å². The fraction of sp³-hybridized carbons (Fsp3) is 0.217. The number of hydrogen-bond acceptors (Lipinski definition) is 1. The Morgan fingerprint density at radius 2 is 1.38 bits per heavy atom. The number of hydrogen-bond donors (Lipinski definition) is 0. The SMILES string of the molecule is CC(C)(C)Oc1ccc(-c2cccc3c2Cc2ccccc2-3)cc1. The highest BCUT2D eigenvalue weighted by atomic mass is 16.5. The van der Waals surface area contributed by atoms with Crippen LogP contribution in [-0.2, 0) is 6.42 Å². The molecule has 0 unspecified atom stereocenters. The van der Waals surface area contributed by atoms with Gasteiger partial charge in [0.15, 0.2) is 0 Å². The van der Waals surface area contributed by atoms with Crippen LogP contribution >= 0.6 is 0 Å². The van der Waals surface area contributed by atoms with Crippen molar-refractivity contribution in [1.82, 2.24) is 0 Å². The van der Waals surface area contributed by atoms with Crippen molar-refractivity contribution in [2.45, 2.75) is 32.8 Å². The van der Waals surface area contributed by atoms with Crippen molar-refractivity contribution in [1.29, 1.82) is 0 Å². The first kappa shape index (κ1) is 15.0. The second kappa shape index (κ2) is 5.52. The predicted octanol–water partition coefficient (Wildman–Crippen LogP) is 6.10. The molecule has 3 aromatic carbocycles. The summed E-state index contributed by atoms with van der Waals surface area (Å²) in [6, 6.07) is 23.8. The molecule has 4 rings (SSSR count). The van der Waals surface area contributed by atoms with Crippen LogP contribution in [0.1, 0.15) is 31.9 Å². The van der Waals surface area contributed by atoms with E-state index in [4.69, 9.17) is 4.74 Å². The molecule has 0 saturated carbocycles. The van der Waals surface area contributed by atoms with Gasteiger partial charge in [0.1, 0.15) is 11.4 Å². The highest BCUT2D eigenvalue weighted by Gasteiger charge is 2.21. The summed E-state index contributed by atoms with van der Waals surface area (Å²) in [5.41, 5.74) is 8.01. The van der Waals surface area contributed by atoms with E-state index in [2.05, 4.69) is 87.5 Å². The van der Waals surface area contributed by atoms with E-state index >= 15 is 0 Å². The topological polar surface area (TPSA) is 9.23 Å². The van der Waals surface area contributed by atoms with Gasteiger partial charge in [0.25, 0.3) is 0 Å². The number of ether oxygens (including phenoxy) is 1. The van der Waals surface area contributed by atoms with Crippen molar-refractivity contribution in [3.8, 4) is 28.0 Å². The average Bonchev–Trinajstić information content (AvgIpc) is 2.93. The first-order chi connectivity index (χ1) is 11.5. The highest BCUT2D eigenvalue weighted by Crippen LogP contribution is 2.41. The molecule has 0 bridgehead atoms. The molecule has 0 spiro atoms. The zero-order valence-electron chi connectivity index (χ0n) is 14.5. The van der Waals surface area contributed by atoms with Gasteiger partial charge in [-0.3, -0.25) is 0 Å². The van der Waals surface area contributed by atoms with Gasteiger partial charge in [-0.15, -0.1) is 0 Å². The fourth-order valence-electron chi connectivity index (χ4n) is 3.48. The third-order valence-electron chi connectivity index (χ3n) is 4.44. The maximum absolute atomic E-state index is 5.94. The Hall–Kier alpha value is -2.54. The minimum Gasteiger partial charge on any atom is -0.488 e. The summed E-state index contributed by atoms with van der Waals surface area (Å²) in [7, 11) is 0. The van der Waals surface area contributed by atoms with Gasteiger partial charge in [-0.25, -0.2) is 0 Å². The summed E-state index contributed by atoms with van der Waals surface area (Å²) in [6.07, 6.45) is 1.02. The van der Waals surface area contributed by atoms with Crippen LogP contribution in [0.25, 0.3) is 22.3 Å². The minimum absolute atomic E-state index is 0.169. The van der Waals surface area contributed by atoms with Gasteiger partial charge >= 0.3 is 0 Å². The van der Waals surface area contributed by atoms with E-state index in [-0.39, 0.29) is 5.60 Å². The maximum Gasteiger partial charge on any atom is 0.120 e. The molecule has 0 aromatic heterocycles. The van der Waals surface area contributed by atoms with Crippen LogP contribution in [0.3, 0.4) is 0 Å². The highest BCUT2D eigenvalue weighted by molar-refractivity contribution is 5.84. The molecule has 1 aliphatic carbocycles. The maximum atomic E-state index is 5.94. The van der Waals surface area contributed by atoms with Gasteiger partial charge < -0.3 is 4.74 Å². The average molecular weight is 314 g/mol. The Kier molecular flexibility index (Phi) is 3.45. The minimum atomic E-state index is -0.169. The lowest BCUT2D eigenvalue weighted by Crippen LogP contribution is -2.22. The first-order valence-electron chi connectivity index (χ1n) is 8.51. The Morgan fingerprint density at radius 1 is 0.708 bits per heavy atom. The van der Waals surface area contributed by atoms with Gasteiger partial charge in [0, 0.05) is 0 Å². The zero-order valence-corrected chi connectivity index (χ0v) is 14.5. The molecule has 1 heteroatoms. The molecule has 0 fully saturated rings. The number of rotatable bonds is 2. The smallest absolute Gasteiger partial charge is 0.120 e. The molecule has 0 saturated heterocycles.